The molecule has 2 saturated heterocycles. The summed E-state index contributed by atoms with van der Waals surface area (Å²) in [5, 5.41) is 0. The number of rotatable bonds is 5. The lowest BCUT2D eigenvalue weighted by molar-refractivity contribution is -0.314. The lowest BCUT2D eigenvalue weighted by Crippen LogP contribution is -2.58. The highest BCUT2D eigenvalue weighted by atomic mass is 19.4. The van der Waals surface area contributed by atoms with E-state index < -0.39 is 118 Å². The molecule has 4 aliphatic heterocycles. The lowest BCUT2D eigenvalue weighted by atomic mass is 9.66. The Bertz CT molecular complexity index is 2190. The second-order valence-corrected chi connectivity index (χ2v) is 14.4. The van der Waals surface area contributed by atoms with Crippen LogP contribution in [0.4, 0.5) is 52.7 Å². The highest BCUT2D eigenvalue weighted by Crippen LogP contribution is 2.61. The summed E-state index contributed by atoms with van der Waals surface area (Å²) < 4.78 is 190. The number of aryl methyl sites for hydroxylation is 1. The van der Waals surface area contributed by atoms with Crippen molar-refractivity contribution in [2.75, 3.05) is 7.05 Å². The third-order valence-electron chi connectivity index (χ3n) is 11.3. The molecular weight excluding hydrogens is 776 g/mol. The van der Waals surface area contributed by atoms with Crippen molar-refractivity contribution in [2.24, 2.45) is 5.92 Å². The van der Waals surface area contributed by atoms with Gasteiger partial charge in [-0.2, -0.15) is 52.7 Å². The molecule has 3 aromatic rings. The highest BCUT2D eigenvalue weighted by Gasteiger charge is 2.75. The van der Waals surface area contributed by atoms with Crippen LogP contribution in [-0.4, -0.2) is 65.8 Å². The van der Waals surface area contributed by atoms with Crippen LogP contribution in [0.15, 0.2) is 84.6 Å². The quantitative estimate of drug-likeness (QED) is 0.146. The van der Waals surface area contributed by atoms with Gasteiger partial charge in [-0.25, -0.2) is 4.90 Å². The zero-order valence-electron chi connectivity index (χ0n) is 28.7. The Hall–Kier alpha value is -4.68. The Morgan fingerprint density at radius 1 is 0.625 bits per heavy atom. The maximum absolute atomic E-state index is 15.2. The number of alkyl halides is 12. The molecule has 5 unspecified atom stereocenters. The number of epoxide rings is 2. The van der Waals surface area contributed by atoms with E-state index in [0.717, 1.165) is 30.3 Å². The number of hydrogen-bond acceptors (Lipinski definition) is 5. The molecule has 0 bridgehead atoms. The van der Waals surface area contributed by atoms with Gasteiger partial charge in [0.25, 0.3) is 11.8 Å². The van der Waals surface area contributed by atoms with Crippen LogP contribution >= 0.6 is 0 Å². The van der Waals surface area contributed by atoms with Crippen molar-refractivity contribution in [3.8, 4) is 0 Å². The third kappa shape index (κ3) is 5.16. The molecule has 4 heterocycles. The van der Waals surface area contributed by atoms with Gasteiger partial charge in [-0.3, -0.25) is 14.5 Å². The molecule has 5 atom stereocenters. The van der Waals surface area contributed by atoms with Gasteiger partial charge in [0.15, 0.2) is 5.41 Å². The highest BCUT2D eigenvalue weighted by molar-refractivity contribution is 6.22. The molecule has 0 radical (unpaired) electrons. The second kappa shape index (κ2) is 11.9. The summed E-state index contributed by atoms with van der Waals surface area (Å²) in [5.41, 5.74) is -14.3. The predicted octanol–water partition coefficient (Wildman–Crippen LogP) is 9.26. The van der Waals surface area contributed by atoms with Crippen LogP contribution in [0.2, 0.25) is 0 Å². The number of likely N-dealkylation sites (N-methyl/N-ethyl adjacent to an activating group) is 1. The van der Waals surface area contributed by atoms with E-state index in [9.17, 15) is 35.9 Å². The molecule has 1 aliphatic carbocycles. The Labute approximate surface area is 308 Å². The number of carbonyl (C=O) groups is 2. The molecule has 0 saturated carbocycles. The Morgan fingerprint density at radius 2 is 1.14 bits per heavy atom. The SMILES string of the molecule is Cc1ccc(C(C2C=CC(N3C(=O)c4ccc(C(c5ccc6c(c5)C5OC5N(C)C5OC65)(C(F)(F)F)C(F)(F)F)cc4C3=O)=CC2)(C(F)(F)F)C(F)(F)F)cc1. The van der Waals surface area contributed by atoms with Gasteiger partial charge < -0.3 is 9.47 Å². The van der Waals surface area contributed by atoms with E-state index in [0.29, 0.717) is 53.6 Å². The zero-order chi connectivity index (χ0) is 40.7. The average Bonchev–Trinajstić information content (AvgIpc) is 4.02. The molecule has 8 rings (SSSR count). The number of nitrogens with zero attached hydrogens (tertiary/aromatic N) is 2. The standard InChI is InChI=1S/C38H26F12N2O4/c1-17-3-5-18(6-4-17)33(35(39,40)41,36(42,43)44)19-7-11-22(12-8-19)52-29(53)24-14-10-21(16-26(24)30(52)54)34(37(45,46)47,38(48,49)50)20-9-13-23-25(15-20)28-32(56-28)51(2)31-27(23)55-31/h3-7,9-16,19,27-28,31-32H,8H2,1-2H3. The van der Waals surface area contributed by atoms with E-state index in [4.69, 9.17) is 9.47 Å². The summed E-state index contributed by atoms with van der Waals surface area (Å²) in [5.74, 6) is -5.05. The summed E-state index contributed by atoms with van der Waals surface area (Å²) in [6.07, 6.45) is -25.6. The van der Waals surface area contributed by atoms with Gasteiger partial charge in [-0.15, -0.1) is 0 Å². The summed E-state index contributed by atoms with van der Waals surface area (Å²) in [4.78, 5) is 29.1. The van der Waals surface area contributed by atoms with Gasteiger partial charge in [0.2, 0.25) is 5.41 Å². The normalized spacial score (nSPS) is 25.3. The van der Waals surface area contributed by atoms with E-state index in [1.165, 1.54) is 6.92 Å². The number of benzene rings is 3. The lowest BCUT2D eigenvalue weighted by Gasteiger charge is -2.43. The first-order chi connectivity index (χ1) is 26.0. The number of carbonyl (C=O) groups excluding carboxylic acids is 2. The number of fused-ring (bicyclic) bond motifs is 6. The van der Waals surface area contributed by atoms with E-state index >= 15 is 26.3 Å². The van der Waals surface area contributed by atoms with E-state index in [-0.39, 0.29) is 16.5 Å². The zero-order valence-corrected chi connectivity index (χ0v) is 28.7. The molecule has 5 aliphatic rings. The molecule has 0 N–H and O–H groups in total. The van der Waals surface area contributed by atoms with Crippen molar-refractivity contribution < 1.29 is 71.7 Å². The summed E-state index contributed by atoms with van der Waals surface area (Å²) in [6, 6.07) is 7.37. The fourth-order valence-corrected chi connectivity index (χ4v) is 8.47. The van der Waals surface area contributed by atoms with Gasteiger partial charge >= 0.3 is 24.7 Å². The fourth-order valence-electron chi connectivity index (χ4n) is 8.47. The van der Waals surface area contributed by atoms with Crippen LogP contribution in [0.5, 0.6) is 0 Å². The van der Waals surface area contributed by atoms with Crippen LogP contribution in [-0.2, 0) is 20.3 Å². The maximum Gasteiger partial charge on any atom is 0.411 e. The summed E-state index contributed by atoms with van der Waals surface area (Å²) in [6.45, 7) is 1.46. The Morgan fingerprint density at radius 3 is 1.68 bits per heavy atom. The number of hydrogen-bond donors (Lipinski definition) is 0. The van der Waals surface area contributed by atoms with Gasteiger partial charge in [-0.05, 0) is 66.4 Å². The van der Waals surface area contributed by atoms with Crippen molar-refractivity contribution in [2.45, 2.75) is 73.5 Å². The monoisotopic (exact) mass is 802 g/mol. The molecule has 56 heavy (non-hydrogen) atoms. The molecule has 296 valence electrons. The third-order valence-corrected chi connectivity index (χ3v) is 11.3. The summed E-state index contributed by atoms with van der Waals surface area (Å²) in [7, 11) is 1.63. The van der Waals surface area contributed by atoms with Crippen LogP contribution in [0.1, 0.15) is 72.7 Å². The predicted molar refractivity (Wildman–Crippen MR) is 170 cm³/mol. The minimum Gasteiger partial charge on any atom is -0.348 e. The van der Waals surface area contributed by atoms with Crippen LogP contribution in [0.3, 0.4) is 0 Å². The van der Waals surface area contributed by atoms with Crippen molar-refractivity contribution in [1.82, 2.24) is 9.80 Å². The van der Waals surface area contributed by atoms with Crippen LogP contribution in [0.25, 0.3) is 0 Å². The topological polar surface area (TPSA) is 65.7 Å². The number of imide groups is 1. The fraction of sp³-hybridized carbons (Fsp3) is 0.368. The minimum atomic E-state index is -6.09. The Kier molecular flexibility index (Phi) is 8.13. The molecule has 2 fully saturated rings. The Balaban J connectivity index is 1.17. The first-order valence-electron chi connectivity index (χ1n) is 16.9. The van der Waals surface area contributed by atoms with Crippen molar-refractivity contribution >= 4 is 11.8 Å². The first kappa shape index (κ1) is 38.2. The smallest absolute Gasteiger partial charge is 0.348 e. The van der Waals surface area contributed by atoms with Gasteiger partial charge in [-0.1, -0.05) is 66.2 Å². The van der Waals surface area contributed by atoms with Gasteiger partial charge in [0.1, 0.15) is 24.7 Å². The maximum atomic E-state index is 15.2. The van der Waals surface area contributed by atoms with E-state index in [2.05, 4.69) is 0 Å². The van der Waals surface area contributed by atoms with Crippen molar-refractivity contribution in [3.05, 3.63) is 129 Å². The van der Waals surface area contributed by atoms with E-state index in [1.807, 2.05) is 0 Å². The largest absolute Gasteiger partial charge is 0.411 e. The molecule has 0 aromatic heterocycles. The number of ether oxygens (including phenoxy) is 2. The van der Waals surface area contributed by atoms with Gasteiger partial charge in [0, 0.05) is 11.6 Å². The van der Waals surface area contributed by atoms with Crippen molar-refractivity contribution in [3.63, 3.8) is 0 Å². The second-order valence-electron chi connectivity index (χ2n) is 14.4. The molecule has 0 spiro atoms. The average molecular weight is 803 g/mol. The number of halogens is 12. The molecule has 18 heteroatoms. The molecule has 6 nitrogen and oxygen atoms in total. The van der Waals surface area contributed by atoms with Crippen molar-refractivity contribution in [1.29, 1.82) is 0 Å². The van der Waals surface area contributed by atoms with E-state index in [1.54, 1.807) is 11.9 Å². The van der Waals surface area contributed by atoms with Crippen LogP contribution < -0.4 is 0 Å². The van der Waals surface area contributed by atoms with Crippen LogP contribution in [0, 0.1) is 12.8 Å². The summed E-state index contributed by atoms with van der Waals surface area (Å²) >= 11 is 0. The number of allylic oxidation sites excluding steroid dienone is 3. The molecule has 2 amide bonds. The first-order valence-corrected chi connectivity index (χ1v) is 16.9. The number of amides is 2. The minimum absolute atomic E-state index is 0.0533. The molecular formula is C38H26F12N2O4. The van der Waals surface area contributed by atoms with Gasteiger partial charge in [0.05, 0.1) is 11.1 Å². The molecule has 3 aromatic carbocycles.